The van der Waals surface area contributed by atoms with Crippen LogP contribution >= 0.6 is 0 Å². The van der Waals surface area contributed by atoms with Gasteiger partial charge in [0, 0.05) is 17.3 Å². The molecule has 2 heterocycles. The van der Waals surface area contributed by atoms with Gasteiger partial charge >= 0.3 is 7.12 Å². The van der Waals surface area contributed by atoms with E-state index in [0.717, 1.165) is 0 Å². The molecule has 3 aromatic rings. The standard InChI is InChI=1S/C14H13BN6O3/c22-14(19-9-4-2-1-3-5-9)12-11(7-18-21-12)20-13-10(15(23)24)6-16-8-17-13/h1-8,23-24H,(H,18,21)(H,19,22)(H,16,17,20). The summed E-state index contributed by atoms with van der Waals surface area (Å²) in [7, 11) is -1.75. The van der Waals surface area contributed by atoms with Gasteiger partial charge < -0.3 is 20.7 Å². The van der Waals surface area contributed by atoms with Crippen LogP contribution in [0.15, 0.2) is 49.1 Å². The van der Waals surface area contributed by atoms with E-state index in [1.165, 1.54) is 18.7 Å². The first-order valence-electron chi connectivity index (χ1n) is 6.98. The Labute approximate surface area is 136 Å². The molecule has 0 fully saturated rings. The average molecular weight is 324 g/mol. The van der Waals surface area contributed by atoms with Crippen molar-refractivity contribution in [3.8, 4) is 0 Å². The lowest BCUT2D eigenvalue weighted by molar-refractivity contribution is 0.102. The van der Waals surface area contributed by atoms with Crippen LogP contribution in [-0.2, 0) is 0 Å². The molecule has 0 radical (unpaired) electrons. The molecule has 3 rings (SSSR count). The van der Waals surface area contributed by atoms with Gasteiger partial charge in [0.15, 0.2) is 0 Å². The van der Waals surface area contributed by atoms with Crippen molar-refractivity contribution in [2.75, 3.05) is 10.6 Å². The summed E-state index contributed by atoms with van der Waals surface area (Å²) in [6.07, 6.45) is 3.91. The summed E-state index contributed by atoms with van der Waals surface area (Å²) >= 11 is 0. The highest BCUT2D eigenvalue weighted by Crippen LogP contribution is 2.18. The topological polar surface area (TPSA) is 136 Å². The molecule has 0 aliphatic heterocycles. The third-order valence-corrected chi connectivity index (χ3v) is 3.17. The third kappa shape index (κ3) is 3.40. The van der Waals surface area contributed by atoms with E-state index in [-0.39, 0.29) is 17.0 Å². The second kappa shape index (κ2) is 6.90. The van der Waals surface area contributed by atoms with Crippen LogP contribution in [0.5, 0.6) is 0 Å². The molecular formula is C14H13BN6O3. The smallest absolute Gasteiger partial charge is 0.423 e. The predicted molar refractivity (Wildman–Crippen MR) is 88.1 cm³/mol. The third-order valence-electron chi connectivity index (χ3n) is 3.17. The predicted octanol–water partition coefficient (Wildman–Crippen LogP) is -0.125. The largest absolute Gasteiger partial charge is 0.493 e. The van der Waals surface area contributed by atoms with E-state index < -0.39 is 13.0 Å². The SMILES string of the molecule is O=C(Nc1ccccc1)c1[nH]ncc1Nc1ncncc1B(O)O. The van der Waals surface area contributed by atoms with Crippen molar-refractivity contribution in [1.29, 1.82) is 0 Å². The second-order valence-corrected chi connectivity index (χ2v) is 4.80. The Balaban J connectivity index is 1.82. The van der Waals surface area contributed by atoms with Gasteiger partial charge in [0.1, 0.15) is 17.8 Å². The first kappa shape index (κ1) is 15.7. The zero-order chi connectivity index (χ0) is 16.9. The van der Waals surface area contributed by atoms with E-state index in [1.54, 1.807) is 24.3 Å². The van der Waals surface area contributed by atoms with Crippen LogP contribution < -0.4 is 16.1 Å². The minimum Gasteiger partial charge on any atom is -0.423 e. The Morgan fingerprint density at radius 1 is 1.17 bits per heavy atom. The van der Waals surface area contributed by atoms with Crippen LogP contribution in [0.25, 0.3) is 0 Å². The van der Waals surface area contributed by atoms with Crippen molar-refractivity contribution >= 4 is 35.7 Å². The molecule has 0 bridgehead atoms. The summed E-state index contributed by atoms with van der Waals surface area (Å²) < 4.78 is 0. The molecule has 0 spiro atoms. The summed E-state index contributed by atoms with van der Waals surface area (Å²) in [4.78, 5) is 20.0. The van der Waals surface area contributed by atoms with Gasteiger partial charge in [0.05, 0.1) is 11.9 Å². The van der Waals surface area contributed by atoms with Gasteiger partial charge in [-0.2, -0.15) is 5.10 Å². The van der Waals surface area contributed by atoms with Gasteiger partial charge in [-0.05, 0) is 12.1 Å². The summed E-state index contributed by atoms with van der Waals surface area (Å²) in [5.74, 6) is -0.239. The molecule has 0 atom stereocenters. The maximum absolute atomic E-state index is 12.4. The summed E-state index contributed by atoms with van der Waals surface area (Å²) in [5.41, 5.74) is 1.23. The Morgan fingerprint density at radius 2 is 1.96 bits per heavy atom. The number of hydrogen-bond donors (Lipinski definition) is 5. The zero-order valence-corrected chi connectivity index (χ0v) is 12.3. The fourth-order valence-corrected chi connectivity index (χ4v) is 2.03. The zero-order valence-electron chi connectivity index (χ0n) is 12.3. The molecule has 0 unspecified atom stereocenters. The number of aromatic nitrogens is 4. The van der Waals surface area contributed by atoms with Crippen molar-refractivity contribution in [1.82, 2.24) is 20.2 Å². The minimum atomic E-state index is -1.75. The summed E-state index contributed by atoms with van der Waals surface area (Å²) in [6, 6.07) is 8.96. The number of carbonyl (C=O) groups is 1. The molecule has 2 aromatic heterocycles. The van der Waals surface area contributed by atoms with Crippen LogP contribution in [0.2, 0.25) is 0 Å². The number of rotatable bonds is 5. The van der Waals surface area contributed by atoms with E-state index in [9.17, 15) is 14.8 Å². The van der Waals surface area contributed by atoms with Crippen molar-refractivity contribution in [3.05, 3.63) is 54.7 Å². The minimum absolute atomic E-state index is 0.0770. The number of nitrogens with one attached hydrogen (secondary N) is 3. The average Bonchev–Trinajstić information content (AvgIpc) is 3.04. The lowest BCUT2D eigenvalue weighted by Gasteiger charge is -2.10. The number of carbonyl (C=O) groups excluding carboxylic acids is 1. The van der Waals surface area contributed by atoms with Gasteiger partial charge in [-0.25, -0.2) is 9.97 Å². The Hall–Kier alpha value is -3.24. The van der Waals surface area contributed by atoms with Gasteiger partial charge in [-0.3, -0.25) is 9.89 Å². The Morgan fingerprint density at radius 3 is 2.71 bits per heavy atom. The van der Waals surface area contributed by atoms with Gasteiger partial charge in [-0.15, -0.1) is 0 Å². The number of benzene rings is 1. The number of aromatic amines is 1. The highest BCUT2D eigenvalue weighted by Gasteiger charge is 2.20. The van der Waals surface area contributed by atoms with Gasteiger partial charge in [0.2, 0.25) is 0 Å². The summed E-state index contributed by atoms with van der Waals surface area (Å²) in [6.45, 7) is 0. The van der Waals surface area contributed by atoms with E-state index in [2.05, 4.69) is 30.8 Å². The van der Waals surface area contributed by atoms with Crippen LogP contribution in [-0.4, -0.2) is 43.2 Å². The van der Waals surface area contributed by atoms with Crippen LogP contribution in [0.1, 0.15) is 10.5 Å². The van der Waals surface area contributed by atoms with E-state index in [0.29, 0.717) is 11.4 Å². The van der Waals surface area contributed by atoms with Gasteiger partial charge in [0.25, 0.3) is 5.91 Å². The molecule has 1 amide bonds. The number of anilines is 3. The first-order valence-corrected chi connectivity index (χ1v) is 6.98. The number of para-hydroxylation sites is 1. The molecule has 9 nitrogen and oxygen atoms in total. The molecule has 1 aromatic carbocycles. The first-order chi connectivity index (χ1) is 11.6. The second-order valence-electron chi connectivity index (χ2n) is 4.80. The molecular weight excluding hydrogens is 311 g/mol. The molecule has 120 valence electrons. The van der Waals surface area contributed by atoms with Gasteiger partial charge in [-0.1, -0.05) is 18.2 Å². The fourth-order valence-electron chi connectivity index (χ4n) is 2.03. The molecule has 5 N–H and O–H groups in total. The number of hydrogen-bond acceptors (Lipinski definition) is 7. The Kier molecular flexibility index (Phi) is 4.50. The van der Waals surface area contributed by atoms with Crippen LogP contribution in [0.4, 0.5) is 17.2 Å². The molecule has 10 heteroatoms. The quantitative estimate of drug-likeness (QED) is 0.413. The molecule has 0 saturated heterocycles. The van der Waals surface area contributed by atoms with Crippen molar-refractivity contribution < 1.29 is 14.8 Å². The van der Waals surface area contributed by atoms with Crippen molar-refractivity contribution in [2.24, 2.45) is 0 Å². The number of nitrogens with zero attached hydrogens (tertiary/aromatic N) is 3. The maximum atomic E-state index is 12.4. The van der Waals surface area contributed by atoms with Crippen molar-refractivity contribution in [3.63, 3.8) is 0 Å². The number of amides is 1. The molecule has 0 aliphatic carbocycles. The van der Waals surface area contributed by atoms with E-state index >= 15 is 0 Å². The molecule has 0 saturated carbocycles. The van der Waals surface area contributed by atoms with E-state index in [1.807, 2.05) is 6.07 Å². The Bertz CT molecular complexity index is 839. The van der Waals surface area contributed by atoms with Crippen molar-refractivity contribution in [2.45, 2.75) is 0 Å². The lowest BCUT2D eigenvalue weighted by Crippen LogP contribution is -2.33. The van der Waals surface area contributed by atoms with Crippen LogP contribution in [0, 0.1) is 0 Å². The maximum Gasteiger partial charge on any atom is 0.493 e. The summed E-state index contributed by atoms with van der Waals surface area (Å²) in [5, 5.41) is 30.7. The number of H-pyrrole nitrogens is 1. The lowest BCUT2D eigenvalue weighted by atomic mass is 9.81. The highest BCUT2D eigenvalue weighted by atomic mass is 16.4. The molecule has 0 aliphatic rings. The molecule has 24 heavy (non-hydrogen) atoms. The normalized spacial score (nSPS) is 10.2. The van der Waals surface area contributed by atoms with E-state index in [4.69, 9.17) is 0 Å². The highest BCUT2D eigenvalue weighted by molar-refractivity contribution is 6.60. The van der Waals surface area contributed by atoms with Crippen LogP contribution in [0.3, 0.4) is 0 Å². The fraction of sp³-hybridized carbons (Fsp3) is 0. The monoisotopic (exact) mass is 324 g/mol.